The Morgan fingerprint density at radius 2 is 2.05 bits per heavy atom. The van der Waals surface area contributed by atoms with Crippen molar-refractivity contribution >= 4 is 34.5 Å². The van der Waals surface area contributed by atoms with Crippen LogP contribution in [0.15, 0.2) is 46.4 Å². The minimum Gasteiger partial charge on any atom is -0.443 e. The van der Waals surface area contributed by atoms with Crippen LogP contribution in [-0.4, -0.2) is 12.0 Å². The first-order chi connectivity index (χ1) is 10.6. The van der Waals surface area contributed by atoms with Crippen molar-refractivity contribution < 1.29 is 9.32 Å². The third-order valence-corrected chi connectivity index (χ3v) is 4.85. The zero-order valence-corrected chi connectivity index (χ0v) is 14.3. The van der Waals surface area contributed by atoms with Gasteiger partial charge in [-0.15, -0.1) is 11.3 Å². The molecular weight excluding hydrogens is 339 g/mol. The lowest BCUT2D eigenvalue weighted by atomic mass is 10.2. The summed E-state index contributed by atoms with van der Waals surface area (Å²) in [5, 5.41) is 3.19. The monoisotopic (exact) mass is 353 g/mol. The molecule has 3 rings (SSSR count). The molecule has 22 heavy (non-hydrogen) atoms. The van der Waals surface area contributed by atoms with E-state index < -0.39 is 0 Å². The molecule has 2 aromatic heterocycles. The predicted molar refractivity (Wildman–Crippen MR) is 90.6 cm³/mol. The molecule has 0 amide bonds. The minimum absolute atomic E-state index is 0.583. The summed E-state index contributed by atoms with van der Waals surface area (Å²) in [5.41, 5.74) is 2.09. The fraction of sp³-hybridized carbons (Fsp3) is 0.188. The van der Waals surface area contributed by atoms with Gasteiger partial charge < -0.3 is 9.32 Å². The Balaban J connectivity index is 1.64. The molecule has 1 atom stereocenters. The van der Waals surface area contributed by atoms with Crippen LogP contribution in [0.25, 0.3) is 10.8 Å². The normalized spacial score (nSPS) is 12.5. The number of aromatic nitrogens is 1. The van der Waals surface area contributed by atoms with E-state index in [0.29, 0.717) is 15.9 Å². The Labute approximate surface area is 143 Å². The van der Waals surface area contributed by atoms with Gasteiger partial charge in [-0.2, -0.15) is 0 Å². The summed E-state index contributed by atoms with van der Waals surface area (Å²) in [6.07, 6.45) is 1.73. The molecule has 3 aromatic rings. The Bertz CT molecular complexity index is 755. The number of nitrogens with one attached hydrogen (secondary N) is 1. The summed E-state index contributed by atoms with van der Waals surface area (Å²) in [6, 6.07) is 9.74. The lowest BCUT2D eigenvalue weighted by Gasteiger charge is -2.12. The van der Waals surface area contributed by atoms with E-state index in [2.05, 4.69) is 12.0 Å². The quantitative estimate of drug-likeness (QED) is 0.753. The summed E-state index contributed by atoms with van der Waals surface area (Å²) in [5.74, 6) is 0.687. The maximum absolute atomic E-state index is 6.05. The predicted octanol–water partition coefficient (Wildman–Crippen LogP) is 3.92. The Kier molecular flexibility index (Phi) is 4.84. The second-order valence-corrected chi connectivity index (χ2v) is 6.94. The molecular formula is C16H15Cl2N2OS+. The molecule has 2 heterocycles. The number of oxazole rings is 1. The topological polar surface area (TPSA) is 30.5 Å². The van der Waals surface area contributed by atoms with Gasteiger partial charge in [0.15, 0.2) is 0 Å². The van der Waals surface area contributed by atoms with Gasteiger partial charge in [0.2, 0.25) is 5.89 Å². The fourth-order valence-corrected chi connectivity index (χ4v) is 3.25. The second kappa shape index (κ2) is 6.84. The number of halogens is 2. The molecule has 0 aliphatic heterocycles. The van der Waals surface area contributed by atoms with E-state index in [0.717, 1.165) is 29.2 Å². The van der Waals surface area contributed by atoms with Gasteiger partial charge in [-0.25, -0.2) is 4.98 Å². The Hall–Kier alpha value is -1.33. The highest BCUT2D eigenvalue weighted by atomic mass is 35.5. The number of thiophene rings is 1. The average Bonchev–Trinajstić information content (AvgIpc) is 3.13. The standard InChI is InChI=1S/C16H14Cl2N2OS/c1-20(8-11-4-5-13(17)14(18)7-11)9-12-10-21-16(19-12)15-3-2-6-22-15/h2-7,10H,8-9H2,1H3/p+1. The first-order valence-electron chi connectivity index (χ1n) is 6.85. The van der Waals surface area contributed by atoms with E-state index in [1.807, 2.05) is 35.7 Å². The molecule has 1 unspecified atom stereocenters. The minimum atomic E-state index is 0.583. The Morgan fingerprint density at radius 3 is 2.77 bits per heavy atom. The lowest BCUT2D eigenvalue weighted by molar-refractivity contribution is -0.908. The van der Waals surface area contributed by atoms with Crippen molar-refractivity contribution in [1.82, 2.24) is 4.98 Å². The van der Waals surface area contributed by atoms with Crippen molar-refractivity contribution in [2.75, 3.05) is 7.05 Å². The number of quaternary nitrogens is 1. The summed E-state index contributed by atoms with van der Waals surface area (Å²) in [4.78, 5) is 6.89. The number of benzene rings is 1. The van der Waals surface area contributed by atoms with Crippen molar-refractivity contribution in [2.45, 2.75) is 13.1 Å². The van der Waals surface area contributed by atoms with Crippen LogP contribution in [0.1, 0.15) is 11.3 Å². The lowest BCUT2D eigenvalue weighted by Crippen LogP contribution is -3.06. The summed E-state index contributed by atoms with van der Waals surface area (Å²) >= 11 is 13.6. The zero-order valence-electron chi connectivity index (χ0n) is 12.0. The van der Waals surface area contributed by atoms with Crippen LogP contribution in [0.4, 0.5) is 0 Å². The van der Waals surface area contributed by atoms with Crippen LogP contribution >= 0.6 is 34.5 Å². The smallest absolute Gasteiger partial charge is 0.236 e. The highest BCUT2D eigenvalue weighted by Gasteiger charge is 2.12. The molecule has 0 fully saturated rings. The number of hydrogen-bond acceptors (Lipinski definition) is 3. The van der Waals surface area contributed by atoms with Gasteiger partial charge in [0.25, 0.3) is 0 Å². The van der Waals surface area contributed by atoms with E-state index in [4.69, 9.17) is 27.6 Å². The van der Waals surface area contributed by atoms with Crippen molar-refractivity contribution in [1.29, 1.82) is 0 Å². The molecule has 0 radical (unpaired) electrons. The van der Waals surface area contributed by atoms with E-state index in [1.165, 1.54) is 4.90 Å². The van der Waals surface area contributed by atoms with Crippen molar-refractivity contribution in [3.63, 3.8) is 0 Å². The van der Waals surface area contributed by atoms with E-state index >= 15 is 0 Å². The van der Waals surface area contributed by atoms with Gasteiger partial charge in [-0.3, -0.25) is 0 Å². The van der Waals surface area contributed by atoms with E-state index in [9.17, 15) is 0 Å². The van der Waals surface area contributed by atoms with Gasteiger partial charge in [0.1, 0.15) is 25.0 Å². The van der Waals surface area contributed by atoms with Crippen molar-refractivity contribution in [3.8, 4) is 10.8 Å². The molecule has 1 N–H and O–H groups in total. The highest BCUT2D eigenvalue weighted by Crippen LogP contribution is 2.24. The maximum Gasteiger partial charge on any atom is 0.236 e. The van der Waals surface area contributed by atoms with Gasteiger partial charge in [0, 0.05) is 5.56 Å². The molecule has 3 nitrogen and oxygen atoms in total. The van der Waals surface area contributed by atoms with E-state index in [-0.39, 0.29) is 0 Å². The van der Waals surface area contributed by atoms with Crippen LogP contribution in [0.5, 0.6) is 0 Å². The van der Waals surface area contributed by atoms with Crippen LogP contribution < -0.4 is 4.90 Å². The van der Waals surface area contributed by atoms with Gasteiger partial charge >= 0.3 is 0 Å². The molecule has 0 bridgehead atoms. The molecule has 0 aliphatic rings. The Morgan fingerprint density at radius 1 is 1.18 bits per heavy atom. The highest BCUT2D eigenvalue weighted by molar-refractivity contribution is 7.13. The largest absolute Gasteiger partial charge is 0.443 e. The molecule has 1 aromatic carbocycles. The molecule has 114 valence electrons. The molecule has 0 aliphatic carbocycles. The molecule has 0 spiro atoms. The number of hydrogen-bond donors (Lipinski definition) is 1. The van der Waals surface area contributed by atoms with E-state index in [1.54, 1.807) is 17.6 Å². The van der Waals surface area contributed by atoms with Crippen molar-refractivity contribution in [3.05, 3.63) is 63.3 Å². The average molecular weight is 354 g/mol. The van der Waals surface area contributed by atoms with Crippen LogP contribution in [0.3, 0.4) is 0 Å². The zero-order chi connectivity index (χ0) is 15.5. The van der Waals surface area contributed by atoms with Crippen LogP contribution in [0.2, 0.25) is 10.0 Å². The SMILES string of the molecule is C[NH+](Cc1ccc(Cl)c(Cl)c1)Cc1coc(-c2cccs2)n1. The van der Waals surface area contributed by atoms with Gasteiger partial charge in [0.05, 0.1) is 22.0 Å². The second-order valence-electron chi connectivity index (χ2n) is 5.18. The van der Waals surface area contributed by atoms with Crippen LogP contribution in [0, 0.1) is 0 Å². The number of rotatable bonds is 5. The third-order valence-electron chi connectivity index (χ3n) is 3.26. The summed E-state index contributed by atoms with van der Waals surface area (Å²) < 4.78 is 5.54. The summed E-state index contributed by atoms with van der Waals surface area (Å²) in [7, 11) is 2.11. The molecule has 6 heteroatoms. The molecule has 0 saturated carbocycles. The molecule has 0 saturated heterocycles. The summed E-state index contributed by atoms with van der Waals surface area (Å²) in [6.45, 7) is 1.63. The van der Waals surface area contributed by atoms with Crippen LogP contribution in [-0.2, 0) is 13.1 Å². The van der Waals surface area contributed by atoms with Crippen molar-refractivity contribution in [2.24, 2.45) is 0 Å². The first-order valence-corrected chi connectivity index (χ1v) is 8.49. The fourth-order valence-electron chi connectivity index (χ4n) is 2.27. The third kappa shape index (κ3) is 3.70. The van der Waals surface area contributed by atoms with Gasteiger partial charge in [-0.05, 0) is 23.6 Å². The maximum atomic E-state index is 6.05. The number of nitrogens with zero attached hydrogens (tertiary/aromatic N) is 1. The first kappa shape index (κ1) is 15.6. The van der Waals surface area contributed by atoms with Gasteiger partial charge in [-0.1, -0.05) is 35.3 Å².